The zero-order chi connectivity index (χ0) is 13.9. The van der Waals surface area contributed by atoms with Gasteiger partial charge in [0.25, 0.3) is 0 Å². The fourth-order valence-electron chi connectivity index (χ4n) is 2.46. The van der Waals surface area contributed by atoms with Gasteiger partial charge in [0.2, 0.25) is 0 Å². The number of benzene rings is 1. The van der Waals surface area contributed by atoms with Gasteiger partial charge in [-0.25, -0.2) is 0 Å². The third-order valence-corrected chi connectivity index (χ3v) is 4.17. The van der Waals surface area contributed by atoms with Crippen LogP contribution in [0.3, 0.4) is 0 Å². The van der Waals surface area contributed by atoms with Crippen LogP contribution in [0.2, 0.25) is 5.02 Å². The first-order chi connectivity index (χ1) is 9.00. The Kier molecular flexibility index (Phi) is 4.71. The van der Waals surface area contributed by atoms with E-state index in [-0.39, 0.29) is 5.54 Å². The molecule has 0 aliphatic carbocycles. The molecule has 0 saturated carbocycles. The van der Waals surface area contributed by atoms with Gasteiger partial charge in [0.1, 0.15) is 0 Å². The van der Waals surface area contributed by atoms with Crippen molar-refractivity contribution in [2.45, 2.75) is 25.8 Å². The highest BCUT2D eigenvalue weighted by Gasteiger charge is 2.23. The van der Waals surface area contributed by atoms with Gasteiger partial charge in [-0.3, -0.25) is 4.90 Å². The highest BCUT2D eigenvalue weighted by Crippen LogP contribution is 2.21. The summed E-state index contributed by atoms with van der Waals surface area (Å²) in [5, 5.41) is 0.806. The Balaban J connectivity index is 1.89. The van der Waals surface area contributed by atoms with Crippen LogP contribution in [0, 0.1) is 0 Å². The molecule has 1 saturated heterocycles. The van der Waals surface area contributed by atoms with Gasteiger partial charge in [0, 0.05) is 49.0 Å². The molecule has 0 amide bonds. The molecule has 4 heteroatoms. The lowest BCUT2D eigenvalue weighted by Gasteiger charge is -2.39. The second-order valence-electron chi connectivity index (χ2n) is 5.75. The molecule has 1 unspecified atom stereocenters. The van der Waals surface area contributed by atoms with Crippen molar-refractivity contribution in [1.29, 1.82) is 0 Å². The fraction of sp³-hybridized carbons (Fsp3) is 0.600. The second-order valence-corrected chi connectivity index (χ2v) is 6.19. The van der Waals surface area contributed by atoms with Crippen molar-refractivity contribution in [2.75, 3.05) is 37.6 Å². The molecule has 1 aromatic rings. The summed E-state index contributed by atoms with van der Waals surface area (Å²) in [6.45, 7) is 9.49. The van der Waals surface area contributed by atoms with Crippen LogP contribution in [0.1, 0.15) is 20.3 Å². The standard InChI is InChI=1S/C15H24ClN3/c1-3-15(2,17)12-18-7-9-19(10-8-18)14-6-4-5-13(16)11-14/h4-6,11H,3,7-10,12,17H2,1-2H3. The lowest BCUT2D eigenvalue weighted by Crippen LogP contribution is -2.54. The summed E-state index contributed by atoms with van der Waals surface area (Å²) in [7, 11) is 0. The number of anilines is 1. The van der Waals surface area contributed by atoms with Crippen molar-refractivity contribution in [3.8, 4) is 0 Å². The number of rotatable bonds is 4. The number of hydrogen-bond donors (Lipinski definition) is 1. The molecule has 1 fully saturated rings. The van der Waals surface area contributed by atoms with E-state index in [1.54, 1.807) is 0 Å². The topological polar surface area (TPSA) is 32.5 Å². The van der Waals surface area contributed by atoms with E-state index in [1.807, 2.05) is 18.2 Å². The molecule has 106 valence electrons. The predicted octanol–water partition coefficient (Wildman–Crippen LogP) is 2.59. The number of piperazine rings is 1. The molecule has 3 nitrogen and oxygen atoms in total. The Morgan fingerprint density at radius 1 is 1.26 bits per heavy atom. The smallest absolute Gasteiger partial charge is 0.0426 e. The molecule has 2 N–H and O–H groups in total. The van der Waals surface area contributed by atoms with Gasteiger partial charge in [-0.15, -0.1) is 0 Å². The quantitative estimate of drug-likeness (QED) is 0.921. The van der Waals surface area contributed by atoms with Crippen LogP contribution in [0.4, 0.5) is 5.69 Å². The summed E-state index contributed by atoms with van der Waals surface area (Å²) in [6, 6.07) is 8.09. The molecule has 0 radical (unpaired) electrons. The Labute approximate surface area is 121 Å². The van der Waals surface area contributed by atoms with E-state index in [4.69, 9.17) is 17.3 Å². The Hall–Kier alpha value is -0.770. The molecular weight excluding hydrogens is 258 g/mol. The van der Waals surface area contributed by atoms with E-state index >= 15 is 0 Å². The van der Waals surface area contributed by atoms with Gasteiger partial charge in [-0.1, -0.05) is 24.6 Å². The molecule has 0 bridgehead atoms. The van der Waals surface area contributed by atoms with Crippen LogP contribution < -0.4 is 10.6 Å². The van der Waals surface area contributed by atoms with Crippen molar-refractivity contribution in [3.63, 3.8) is 0 Å². The number of halogens is 1. The monoisotopic (exact) mass is 281 g/mol. The molecule has 0 spiro atoms. The van der Waals surface area contributed by atoms with E-state index in [0.717, 1.165) is 44.2 Å². The Bertz CT molecular complexity index is 412. The first-order valence-corrected chi connectivity index (χ1v) is 7.40. The Morgan fingerprint density at radius 3 is 2.53 bits per heavy atom. The number of hydrogen-bond acceptors (Lipinski definition) is 3. The van der Waals surface area contributed by atoms with E-state index in [9.17, 15) is 0 Å². The van der Waals surface area contributed by atoms with Crippen molar-refractivity contribution < 1.29 is 0 Å². The summed E-state index contributed by atoms with van der Waals surface area (Å²) in [5.41, 5.74) is 7.39. The summed E-state index contributed by atoms with van der Waals surface area (Å²) in [5.74, 6) is 0. The molecular formula is C15H24ClN3. The molecule has 2 rings (SSSR count). The van der Waals surface area contributed by atoms with Crippen LogP contribution in [-0.4, -0.2) is 43.2 Å². The number of nitrogens with zero attached hydrogens (tertiary/aromatic N) is 2. The van der Waals surface area contributed by atoms with E-state index in [2.05, 4.69) is 29.7 Å². The maximum absolute atomic E-state index is 6.24. The normalized spacial score (nSPS) is 20.3. The highest BCUT2D eigenvalue weighted by atomic mass is 35.5. The second kappa shape index (κ2) is 6.12. The minimum Gasteiger partial charge on any atom is -0.369 e. The van der Waals surface area contributed by atoms with E-state index < -0.39 is 0 Å². The molecule has 1 atom stereocenters. The van der Waals surface area contributed by atoms with Crippen LogP contribution in [0.5, 0.6) is 0 Å². The maximum Gasteiger partial charge on any atom is 0.0426 e. The zero-order valence-corrected chi connectivity index (χ0v) is 12.7. The lowest BCUT2D eigenvalue weighted by molar-refractivity contribution is 0.203. The minimum absolute atomic E-state index is 0.0712. The van der Waals surface area contributed by atoms with Gasteiger partial charge < -0.3 is 10.6 Å². The average Bonchev–Trinajstić information content (AvgIpc) is 2.39. The fourth-order valence-corrected chi connectivity index (χ4v) is 2.64. The third-order valence-electron chi connectivity index (χ3n) is 3.94. The average molecular weight is 282 g/mol. The minimum atomic E-state index is -0.0712. The third kappa shape index (κ3) is 4.10. The van der Waals surface area contributed by atoms with Gasteiger partial charge >= 0.3 is 0 Å². The Morgan fingerprint density at radius 2 is 1.95 bits per heavy atom. The van der Waals surface area contributed by atoms with E-state index in [1.165, 1.54) is 5.69 Å². The predicted molar refractivity (Wildman–Crippen MR) is 83.0 cm³/mol. The van der Waals surface area contributed by atoms with Crippen molar-refractivity contribution in [2.24, 2.45) is 5.73 Å². The van der Waals surface area contributed by atoms with Crippen molar-refractivity contribution >= 4 is 17.3 Å². The SMILES string of the molecule is CCC(C)(N)CN1CCN(c2cccc(Cl)c2)CC1. The van der Waals surface area contributed by atoms with Crippen LogP contribution in [-0.2, 0) is 0 Å². The first kappa shape index (κ1) is 14.6. The van der Waals surface area contributed by atoms with E-state index in [0.29, 0.717) is 0 Å². The number of nitrogens with two attached hydrogens (primary N) is 1. The summed E-state index contributed by atoms with van der Waals surface area (Å²) >= 11 is 6.05. The van der Waals surface area contributed by atoms with Gasteiger partial charge in [-0.2, -0.15) is 0 Å². The van der Waals surface area contributed by atoms with Gasteiger partial charge in [-0.05, 0) is 31.5 Å². The first-order valence-electron chi connectivity index (χ1n) is 7.02. The van der Waals surface area contributed by atoms with Crippen molar-refractivity contribution in [1.82, 2.24) is 4.90 Å². The summed E-state index contributed by atoms with van der Waals surface area (Å²) in [4.78, 5) is 4.85. The van der Waals surface area contributed by atoms with Gasteiger partial charge in [0.05, 0.1) is 0 Å². The molecule has 1 aliphatic rings. The molecule has 1 aromatic carbocycles. The molecule has 0 aromatic heterocycles. The summed E-state index contributed by atoms with van der Waals surface area (Å²) in [6.07, 6.45) is 1.02. The molecule has 19 heavy (non-hydrogen) atoms. The highest BCUT2D eigenvalue weighted by molar-refractivity contribution is 6.30. The van der Waals surface area contributed by atoms with Crippen LogP contribution >= 0.6 is 11.6 Å². The largest absolute Gasteiger partial charge is 0.369 e. The van der Waals surface area contributed by atoms with Crippen molar-refractivity contribution in [3.05, 3.63) is 29.3 Å². The zero-order valence-electron chi connectivity index (χ0n) is 11.9. The molecule has 1 heterocycles. The van der Waals surface area contributed by atoms with Crippen LogP contribution in [0.15, 0.2) is 24.3 Å². The molecule has 1 aliphatic heterocycles. The summed E-state index contributed by atoms with van der Waals surface area (Å²) < 4.78 is 0. The lowest BCUT2D eigenvalue weighted by atomic mass is 9.99. The van der Waals surface area contributed by atoms with Crippen LogP contribution in [0.25, 0.3) is 0 Å². The van der Waals surface area contributed by atoms with Gasteiger partial charge in [0.15, 0.2) is 0 Å². The maximum atomic E-state index is 6.24.